The van der Waals surface area contributed by atoms with Gasteiger partial charge in [-0.15, -0.1) is 0 Å². The Morgan fingerprint density at radius 3 is 2.33 bits per heavy atom. The van der Waals surface area contributed by atoms with Crippen LogP contribution in [0.3, 0.4) is 0 Å². The van der Waals surface area contributed by atoms with Gasteiger partial charge < -0.3 is 9.64 Å². The van der Waals surface area contributed by atoms with Crippen LogP contribution in [0.25, 0.3) is 0 Å². The van der Waals surface area contributed by atoms with E-state index in [1.165, 1.54) is 13.8 Å². The standard InChI is InChI=1S/C13H21NO4/c1-8(2)13(17)14-6-5-11(12(14)10(4)16)18-7-9(3)15/h8,11-12H,5-7H2,1-4H3/t11-,12+/m0/s1. The fourth-order valence-corrected chi connectivity index (χ4v) is 2.22. The number of rotatable bonds is 5. The summed E-state index contributed by atoms with van der Waals surface area (Å²) in [5.41, 5.74) is 0. The molecule has 1 aliphatic rings. The minimum atomic E-state index is -0.542. The number of nitrogens with zero attached hydrogens (tertiary/aromatic N) is 1. The summed E-state index contributed by atoms with van der Waals surface area (Å²) in [4.78, 5) is 36.2. The third-order valence-electron chi connectivity index (χ3n) is 3.04. The third kappa shape index (κ3) is 3.38. The predicted octanol–water partition coefficient (Wildman–Crippen LogP) is 0.806. The van der Waals surface area contributed by atoms with E-state index in [2.05, 4.69) is 0 Å². The van der Waals surface area contributed by atoms with E-state index in [0.717, 1.165) is 0 Å². The van der Waals surface area contributed by atoms with E-state index in [1.54, 1.807) is 4.90 Å². The molecule has 0 N–H and O–H groups in total. The highest BCUT2D eigenvalue weighted by atomic mass is 16.5. The van der Waals surface area contributed by atoms with Crippen LogP contribution in [0.15, 0.2) is 0 Å². The quantitative estimate of drug-likeness (QED) is 0.729. The van der Waals surface area contributed by atoms with Crippen LogP contribution < -0.4 is 0 Å². The number of hydrogen-bond acceptors (Lipinski definition) is 4. The number of likely N-dealkylation sites (tertiary alicyclic amines) is 1. The summed E-state index contributed by atoms with van der Waals surface area (Å²) >= 11 is 0. The van der Waals surface area contributed by atoms with Crippen molar-refractivity contribution in [2.24, 2.45) is 5.92 Å². The van der Waals surface area contributed by atoms with Crippen molar-refractivity contribution < 1.29 is 19.1 Å². The van der Waals surface area contributed by atoms with E-state index >= 15 is 0 Å². The van der Waals surface area contributed by atoms with Crippen LogP contribution >= 0.6 is 0 Å². The average Bonchev–Trinajstić information content (AvgIpc) is 2.68. The number of amides is 1. The summed E-state index contributed by atoms with van der Waals surface area (Å²) < 4.78 is 5.43. The molecule has 0 saturated carbocycles. The lowest BCUT2D eigenvalue weighted by Crippen LogP contribution is -2.46. The second-order valence-corrected chi connectivity index (χ2v) is 5.08. The van der Waals surface area contributed by atoms with Gasteiger partial charge in [-0.05, 0) is 20.3 Å². The van der Waals surface area contributed by atoms with Gasteiger partial charge in [0.2, 0.25) is 5.91 Å². The van der Waals surface area contributed by atoms with Gasteiger partial charge in [-0.25, -0.2) is 0 Å². The van der Waals surface area contributed by atoms with E-state index < -0.39 is 6.04 Å². The van der Waals surface area contributed by atoms with Crippen LogP contribution in [0.1, 0.15) is 34.1 Å². The number of Topliss-reactive ketones (excluding diaryl/α,β-unsaturated/α-hetero) is 2. The smallest absolute Gasteiger partial charge is 0.225 e. The molecule has 102 valence electrons. The molecule has 0 spiro atoms. The summed E-state index contributed by atoms with van der Waals surface area (Å²) in [5.74, 6) is -0.344. The maximum absolute atomic E-state index is 12.0. The van der Waals surface area contributed by atoms with E-state index in [0.29, 0.717) is 13.0 Å². The monoisotopic (exact) mass is 255 g/mol. The molecule has 2 atom stereocenters. The first kappa shape index (κ1) is 14.8. The molecule has 0 aliphatic carbocycles. The first-order chi connectivity index (χ1) is 8.34. The largest absolute Gasteiger partial charge is 0.368 e. The summed E-state index contributed by atoms with van der Waals surface area (Å²) in [7, 11) is 0. The van der Waals surface area contributed by atoms with Crippen molar-refractivity contribution in [3.63, 3.8) is 0 Å². The van der Waals surface area contributed by atoms with Gasteiger partial charge in [-0.2, -0.15) is 0 Å². The topological polar surface area (TPSA) is 63.7 Å². The molecule has 0 radical (unpaired) electrons. The second-order valence-electron chi connectivity index (χ2n) is 5.08. The van der Waals surface area contributed by atoms with Gasteiger partial charge in [0.25, 0.3) is 0 Å². The van der Waals surface area contributed by atoms with Crippen molar-refractivity contribution in [3.05, 3.63) is 0 Å². The number of ether oxygens (including phenoxy) is 1. The van der Waals surface area contributed by atoms with Gasteiger partial charge in [-0.3, -0.25) is 14.4 Å². The zero-order valence-electron chi connectivity index (χ0n) is 11.4. The lowest BCUT2D eigenvalue weighted by molar-refractivity contribution is -0.142. The third-order valence-corrected chi connectivity index (χ3v) is 3.04. The molecular formula is C13H21NO4. The lowest BCUT2D eigenvalue weighted by Gasteiger charge is -2.27. The molecule has 5 heteroatoms. The normalized spacial score (nSPS) is 23.5. The Balaban J connectivity index is 2.75. The zero-order valence-corrected chi connectivity index (χ0v) is 11.4. The van der Waals surface area contributed by atoms with Gasteiger partial charge in [0.05, 0.1) is 6.10 Å². The van der Waals surface area contributed by atoms with Crippen molar-refractivity contribution in [3.8, 4) is 0 Å². The summed E-state index contributed by atoms with van der Waals surface area (Å²) in [5, 5.41) is 0. The van der Waals surface area contributed by atoms with Crippen LogP contribution in [0.5, 0.6) is 0 Å². The highest BCUT2D eigenvalue weighted by Gasteiger charge is 2.41. The van der Waals surface area contributed by atoms with Gasteiger partial charge >= 0.3 is 0 Å². The number of carbonyl (C=O) groups excluding carboxylic acids is 3. The van der Waals surface area contributed by atoms with Gasteiger partial charge in [0.1, 0.15) is 12.6 Å². The molecule has 0 unspecified atom stereocenters. The zero-order chi connectivity index (χ0) is 13.9. The Morgan fingerprint density at radius 2 is 1.89 bits per heavy atom. The van der Waals surface area contributed by atoms with Crippen LogP contribution in [0.2, 0.25) is 0 Å². The minimum absolute atomic E-state index is 0.00183. The summed E-state index contributed by atoms with van der Waals surface area (Å²) in [6.07, 6.45) is 0.254. The van der Waals surface area contributed by atoms with Gasteiger partial charge in [0.15, 0.2) is 11.6 Å². The average molecular weight is 255 g/mol. The lowest BCUT2D eigenvalue weighted by atomic mass is 10.1. The number of hydrogen-bond donors (Lipinski definition) is 0. The van der Waals surface area contributed by atoms with Crippen LogP contribution in [0, 0.1) is 5.92 Å². The Kier molecular flexibility index (Phi) is 5.02. The fraction of sp³-hybridized carbons (Fsp3) is 0.769. The molecule has 0 aromatic rings. The van der Waals surface area contributed by atoms with Crippen molar-refractivity contribution in [1.29, 1.82) is 0 Å². The number of carbonyl (C=O) groups is 3. The van der Waals surface area contributed by atoms with E-state index in [1.807, 2.05) is 13.8 Å². The Bertz CT molecular complexity index is 351. The Morgan fingerprint density at radius 1 is 1.28 bits per heavy atom. The van der Waals surface area contributed by atoms with Crippen molar-refractivity contribution in [2.75, 3.05) is 13.2 Å². The highest BCUT2D eigenvalue weighted by molar-refractivity contribution is 5.89. The summed E-state index contributed by atoms with van der Waals surface area (Å²) in [6.45, 7) is 7.03. The molecule has 18 heavy (non-hydrogen) atoms. The van der Waals surface area contributed by atoms with Crippen LogP contribution in [-0.4, -0.2) is 47.7 Å². The van der Waals surface area contributed by atoms with E-state index in [9.17, 15) is 14.4 Å². The molecule has 1 fully saturated rings. The van der Waals surface area contributed by atoms with Crippen molar-refractivity contribution in [1.82, 2.24) is 4.90 Å². The molecule has 0 bridgehead atoms. The fourth-order valence-electron chi connectivity index (χ4n) is 2.22. The molecule has 1 saturated heterocycles. The molecule has 1 amide bonds. The highest BCUT2D eigenvalue weighted by Crippen LogP contribution is 2.23. The van der Waals surface area contributed by atoms with Gasteiger partial charge in [-0.1, -0.05) is 13.8 Å². The van der Waals surface area contributed by atoms with E-state index in [4.69, 9.17) is 4.74 Å². The predicted molar refractivity (Wildman–Crippen MR) is 66.1 cm³/mol. The minimum Gasteiger partial charge on any atom is -0.368 e. The summed E-state index contributed by atoms with van der Waals surface area (Å²) in [6, 6.07) is -0.542. The molecule has 0 aromatic heterocycles. The maximum Gasteiger partial charge on any atom is 0.225 e. The number of ketones is 2. The van der Waals surface area contributed by atoms with Gasteiger partial charge in [0, 0.05) is 12.5 Å². The Labute approximate surface area is 107 Å². The SMILES string of the molecule is CC(=O)CO[C@H]1CCN(C(=O)C(C)C)[C@@H]1C(C)=O. The van der Waals surface area contributed by atoms with E-state index in [-0.39, 0.29) is 36.1 Å². The molecular weight excluding hydrogens is 234 g/mol. The molecule has 5 nitrogen and oxygen atoms in total. The molecule has 1 rings (SSSR count). The van der Waals surface area contributed by atoms with Crippen LogP contribution in [0.4, 0.5) is 0 Å². The molecule has 1 heterocycles. The molecule has 0 aromatic carbocycles. The molecule has 1 aliphatic heterocycles. The maximum atomic E-state index is 12.0. The first-order valence-corrected chi connectivity index (χ1v) is 6.26. The first-order valence-electron chi connectivity index (χ1n) is 6.26. The Hall–Kier alpha value is -1.23. The second kappa shape index (κ2) is 6.09. The van der Waals surface area contributed by atoms with Crippen molar-refractivity contribution >= 4 is 17.5 Å². The van der Waals surface area contributed by atoms with Crippen molar-refractivity contribution in [2.45, 2.75) is 46.3 Å². The van der Waals surface area contributed by atoms with Crippen LogP contribution in [-0.2, 0) is 19.1 Å².